The summed E-state index contributed by atoms with van der Waals surface area (Å²) in [5.41, 5.74) is 5.19. The summed E-state index contributed by atoms with van der Waals surface area (Å²) in [7, 11) is 0. The molecule has 0 saturated carbocycles. The van der Waals surface area contributed by atoms with Crippen LogP contribution in [0.1, 0.15) is 5.56 Å². The number of halogens is 4. The minimum Gasteiger partial charge on any atom is -0.457 e. The van der Waals surface area contributed by atoms with Gasteiger partial charge in [0.05, 0.1) is 5.56 Å². The molecule has 0 aliphatic rings. The maximum Gasteiger partial charge on any atom is 0.419 e. The van der Waals surface area contributed by atoms with Crippen LogP contribution in [-0.2, 0) is 6.18 Å². The van der Waals surface area contributed by atoms with Crippen molar-refractivity contribution in [2.45, 2.75) is 6.18 Å². The number of anilines is 1. The van der Waals surface area contributed by atoms with Crippen molar-refractivity contribution in [2.24, 2.45) is 0 Å². The second kappa shape index (κ2) is 5.13. The van der Waals surface area contributed by atoms with E-state index in [2.05, 4.69) is 15.9 Å². The molecule has 0 saturated heterocycles. The Morgan fingerprint density at radius 3 is 2.21 bits per heavy atom. The summed E-state index contributed by atoms with van der Waals surface area (Å²) in [6, 6.07) is 9.70. The van der Waals surface area contributed by atoms with Crippen molar-refractivity contribution in [2.75, 3.05) is 5.73 Å². The van der Waals surface area contributed by atoms with Gasteiger partial charge in [-0.1, -0.05) is 15.9 Å². The Hall–Kier alpha value is -1.69. The number of hydrogen-bond acceptors (Lipinski definition) is 2. The summed E-state index contributed by atoms with van der Waals surface area (Å²) < 4.78 is 44.3. The standard InChI is InChI=1S/C13H9BrF3NO/c14-8-1-6-11(13(15,16)17)12(7-8)19-10-4-2-9(18)3-5-10/h1-7H,18H2. The minimum absolute atomic E-state index is 0.258. The van der Waals surface area contributed by atoms with Crippen molar-refractivity contribution in [3.63, 3.8) is 0 Å². The van der Waals surface area contributed by atoms with Crippen LogP contribution in [0.25, 0.3) is 0 Å². The van der Waals surface area contributed by atoms with E-state index in [9.17, 15) is 13.2 Å². The topological polar surface area (TPSA) is 35.2 Å². The minimum atomic E-state index is -4.47. The summed E-state index contributed by atoms with van der Waals surface area (Å²) in [6.07, 6.45) is -4.47. The molecule has 0 aliphatic heterocycles. The van der Waals surface area contributed by atoms with Crippen LogP contribution in [0.5, 0.6) is 11.5 Å². The average molecular weight is 332 g/mol. The molecule has 0 heterocycles. The fourth-order valence-corrected chi connectivity index (χ4v) is 1.82. The zero-order valence-corrected chi connectivity index (χ0v) is 11.1. The van der Waals surface area contributed by atoms with Crippen LogP contribution in [0.4, 0.5) is 18.9 Å². The van der Waals surface area contributed by atoms with Crippen LogP contribution in [0, 0.1) is 0 Å². The summed E-state index contributed by atoms with van der Waals surface area (Å²) in [5, 5.41) is 0. The molecule has 2 nitrogen and oxygen atoms in total. The second-order valence-electron chi connectivity index (χ2n) is 3.81. The quantitative estimate of drug-likeness (QED) is 0.799. The Bertz CT molecular complexity index is 581. The van der Waals surface area contributed by atoms with E-state index in [0.29, 0.717) is 10.2 Å². The Balaban J connectivity index is 2.38. The normalized spacial score (nSPS) is 11.4. The maximum atomic E-state index is 12.8. The van der Waals surface area contributed by atoms with Crippen molar-refractivity contribution in [1.82, 2.24) is 0 Å². The first-order valence-electron chi connectivity index (χ1n) is 5.26. The van der Waals surface area contributed by atoms with Gasteiger partial charge in [0, 0.05) is 10.2 Å². The van der Waals surface area contributed by atoms with E-state index in [0.717, 1.165) is 6.07 Å². The average Bonchev–Trinajstić information content (AvgIpc) is 2.30. The molecule has 0 aromatic heterocycles. The number of nitrogen functional groups attached to an aromatic ring is 1. The number of ether oxygens (including phenoxy) is 1. The van der Waals surface area contributed by atoms with E-state index >= 15 is 0 Å². The number of benzene rings is 2. The van der Waals surface area contributed by atoms with Crippen molar-refractivity contribution < 1.29 is 17.9 Å². The third-order valence-corrected chi connectivity index (χ3v) is 2.85. The van der Waals surface area contributed by atoms with Gasteiger partial charge in [-0.2, -0.15) is 13.2 Å². The van der Waals surface area contributed by atoms with Crippen LogP contribution >= 0.6 is 15.9 Å². The lowest BCUT2D eigenvalue weighted by molar-refractivity contribution is -0.138. The summed E-state index contributed by atoms with van der Waals surface area (Å²) in [5.74, 6) is 0.0319. The molecule has 0 unspecified atom stereocenters. The van der Waals surface area contributed by atoms with E-state index in [1.807, 2.05) is 0 Å². The summed E-state index contributed by atoms with van der Waals surface area (Å²) in [4.78, 5) is 0. The van der Waals surface area contributed by atoms with E-state index in [1.165, 1.54) is 24.3 Å². The van der Waals surface area contributed by atoms with Crippen molar-refractivity contribution >= 4 is 21.6 Å². The van der Waals surface area contributed by atoms with Crippen LogP contribution < -0.4 is 10.5 Å². The zero-order valence-electron chi connectivity index (χ0n) is 9.54. The molecule has 0 amide bonds. The van der Waals surface area contributed by atoms with Crippen molar-refractivity contribution in [3.05, 3.63) is 52.5 Å². The molecule has 2 N–H and O–H groups in total. The second-order valence-corrected chi connectivity index (χ2v) is 4.73. The van der Waals surface area contributed by atoms with Gasteiger partial charge in [-0.3, -0.25) is 0 Å². The highest BCUT2D eigenvalue weighted by Crippen LogP contribution is 2.39. The van der Waals surface area contributed by atoms with Gasteiger partial charge in [-0.25, -0.2) is 0 Å². The van der Waals surface area contributed by atoms with Crippen LogP contribution in [-0.4, -0.2) is 0 Å². The predicted octanol–water partition coefficient (Wildman–Crippen LogP) is 4.84. The fourth-order valence-electron chi connectivity index (χ4n) is 1.48. The molecule has 0 radical (unpaired) electrons. The van der Waals surface area contributed by atoms with Gasteiger partial charge in [0.15, 0.2) is 0 Å². The molecule has 0 atom stereocenters. The number of nitrogens with two attached hydrogens (primary N) is 1. The third kappa shape index (κ3) is 3.41. The first-order chi connectivity index (χ1) is 8.86. The lowest BCUT2D eigenvalue weighted by atomic mass is 10.2. The molecule has 100 valence electrons. The van der Waals surface area contributed by atoms with E-state index in [1.54, 1.807) is 12.1 Å². The molecule has 19 heavy (non-hydrogen) atoms. The number of hydrogen-bond donors (Lipinski definition) is 1. The van der Waals surface area contributed by atoms with Gasteiger partial charge in [0.1, 0.15) is 11.5 Å². The smallest absolute Gasteiger partial charge is 0.419 e. The predicted molar refractivity (Wildman–Crippen MR) is 70.1 cm³/mol. The summed E-state index contributed by atoms with van der Waals surface area (Å²) in [6.45, 7) is 0. The molecule has 0 fully saturated rings. The lowest BCUT2D eigenvalue weighted by Crippen LogP contribution is -2.07. The molecule has 2 aromatic rings. The highest BCUT2D eigenvalue weighted by atomic mass is 79.9. The van der Waals surface area contributed by atoms with Gasteiger partial charge in [-0.05, 0) is 42.5 Å². The molecule has 2 aromatic carbocycles. The largest absolute Gasteiger partial charge is 0.457 e. The maximum absolute atomic E-state index is 12.8. The SMILES string of the molecule is Nc1ccc(Oc2cc(Br)ccc2C(F)(F)F)cc1. The van der Waals surface area contributed by atoms with Crippen LogP contribution in [0.15, 0.2) is 46.9 Å². The van der Waals surface area contributed by atoms with Crippen LogP contribution in [0.2, 0.25) is 0 Å². The zero-order chi connectivity index (χ0) is 14.0. The van der Waals surface area contributed by atoms with Gasteiger partial charge in [-0.15, -0.1) is 0 Å². The summed E-state index contributed by atoms with van der Waals surface area (Å²) >= 11 is 3.12. The Morgan fingerprint density at radius 1 is 1.00 bits per heavy atom. The number of alkyl halides is 3. The van der Waals surface area contributed by atoms with E-state index in [4.69, 9.17) is 10.5 Å². The van der Waals surface area contributed by atoms with Crippen molar-refractivity contribution in [1.29, 1.82) is 0 Å². The molecule has 2 rings (SSSR count). The Kier molecular flexibility index (Phi) is 3.71. The van der Waals surface area contributed by atoms with Gasteiger partial charge in [0.25, 0.3) is 0 Å². The highest BCUT2D eigenvalue weighted by Gasteiger charge is 2.34. The van der Waals surface area contributed by atoms with E-state index in [-0.39, 0.29) is 11.5 Å². The Labute approximate surface area is 116 Å². The molecule has 0 bridgehead atoms. The molecule has 0 spiro atoms. The molecule has 0 aliphatic carbocycles. The van der Waals surface area contributed by atoms with Gasteiger partial charge >= 0.3 is 6.18 Å². The van der Waals surface area contributed by atoms with Gasteiger partial charge in [0.2, 0.25) is 0 Å². The van der Waals surface area contributed by atoms with Crippen LogP contribution in [0.3, 0.4) is 0 Å². The lowest BCUT2D eigenvalue weighted by Gasteiger charge is -2.14. The first-order valence-corrected chi connectivity index (χ1v) is 6.06. The molecular weight excluding hydrogens is 323 g/mol. The Morgan fingerprint density at radius 2 is 1.63 bits per heavy atom. The molecule has 6 heteroatoms. The van der Waals surface area contributed by atoms with Crippen molar-refractivity contribution in [3.8, 4) is 11.5 Å². The fraction of sp³-hybridized carbons (Fsp3) is 0.0769. The monoisotopic (exact) mass is 331 g/mol. The first kappa shape index (κ1) is 13.7. The molecular formula is C13H9BrF3NO. The van der Waals surface area contributed by atoms with Gasteiger partial charge < -0.3 is 10.5 Å². The highest BCUT2D eigenvalue weighted by molar-refractivity contribution is 9.10. The van der Waals surface area contributed by atoms with E-state index < -0.39 is 11.7 Å². The third-order valence-electron chi connectivity index (χ3n) is 2.36. The number of rotatable bonds is 2.